The summed E-state index contributed by atoms with van der Waals surface area (Å²) >= 11 is 1.64. The van der Waals surface area contributed by atoms with Gasteiger partial charge in [0.15, 0.2) is 0 Å². The zero-order chi connectivity index (χ0) is 19.7. The maximum Gasteiger partial charge on any atom is 0.248 e. The zero-order valence-electron chi connectivity index (χ0n) is 15.9. The van der Waals surface area contributed by atoms with E-state index in [0.29, 0.717) is 0 Å². The van der Waals surface area contributed by atoms with E-state index in [1.165, 1.54) is 0 Å². The Morgan fingerprint density at radius 2 is 1.96 bits per heavy atom. The van der Waals surface area contributed by atoms with Gasteiger partial charge >= 0.3 is 0 Å². The van der Waals surface area contributed by atoms with Crippen molar-refractivity contribution in [2.45, 2.75) is 13.8 Å². The van der Waals surface area contributed by atoms with E-state index in [1.807, 2.05) is 74.1 Å². The standard InChI is InChI=1S/C22H20N4OS/c1-14-18(15(2)26(3)25-14)11-12-21(27)23-17-8-6-7-16(13-17)22-24-19-9-4-5-10-20(19)28-22/h4-13H,1-3H3,(H,23,27)/b12-11+. The smallest absolute Gasteiger partial charge is 0.248 e. The third-order valence-corrected chi connectivity index (χ3v) is 5.72. The van der Waals surface area contributed by atoms with Crippen LogP contribution in [0.15, 0.2) is 54.6 Å². The molecule has 0 unspecified atom stereocenters. The molecule has 1 amide bonds. The van der Waals surface area contributed by atoms with Gasteiger partial charge in [-0.05, 0) is 44.2 Å². The number of benzene rings is 2. The highest BCUT2D eigenvalue weighted by Crippen LogP contribution is 2.31. The largest absolute Gasteiger partial charge is 0.322 e. The molecule has 0 atom stereocenters. The van der Waals surface area contributed by atoms with E-state index < -0.39 is 0 Å². The van der Waals surface area contributed by atoms with Crippen molar-refractivity contribution in [3.63, 3.8) is 0 Å². The lowest BCUT2D eigenvalue weighted by molar-refractivity contribution is -0.111. The van der Waals surface area contributed by atoms with Crippen LogP contribution in [0.2, 0.25) is 0 Å². The second kappa shape index (κ2) is 7.40. The Morgan fingerprint density at radius 1 is 1.14 bits per heavy atom. The molecule has 0 radical (unpaired) electrons. The summed E-state index contributed by atoms with van der Waals surface area (Å²) in [5.41, 5.74) is 5.62. The van der Waals surface area contributed by atoms with Crippen LogP contribution in [0, 0.1) is 13.8 Å². The number of aromatic nitrogens is 3. The molecule has 28 heavy (non-hydrogen) atoms. The van der Waals surface area contributed by atoms with Crippen molar-refractivity contribution in [1.29, 1.82) is 0 Å². The van der Waals surface area contributed by atoms with Crippen molar-refractivity contribution >= 4 is 39.2 Å². The van der Waals surface area contributed by atoms with Crippen LogP contribution < -0.4 is 5.32 Å². The van der Waals surface area contributed by atoms with Gasteiger partial charge in [0.2, 0.25) is 5.91 Å². The van der Waals surface area contributed by atoms with E-state index in [2.05, 4.69) is 21.5 Å². The Hall–Kier alpha value is -3.25. The molecule has 0 aliphatic carbocycles. The number of thiazole rings is 1. The van der Waals surface area contributed by atoms with Gasteiger partial charge in [-0.3, -0.25) is 9.48 Å². The Bertz CT molecular complexity index is 1170. The van der Waals surface area contributed by atoms with E-state index >= 15 is 0 Å². The highest BCUT2D eigenvalue weighted by molar-refractivity contribution is 7.21. The minimum Gasteiger partial charge on any atom is -0.322 e. The molecule has 2 aromatic carbocycles. The first-order valence-corrected chi connectivity index (χ1v) is 9.78. The summed E-state index contributed by atoms with van der Waals surface area (Å²) in [7, 11) is 1.90. The summed E-state index contributed by atoms with van der Waals surface area (Å²) in [6.45, 7) is 3.92. The number of aryl methyl sites for hydroxylation is 2. The van der Waals surface area contributed by atoms with E-state index in [0.717, 1.165) is 43.4 Å². The Morgan fingerprint density at radius 3 is 2.71 bits per heavy atom. The molecular formula is C22H20N4OS. The summed E-state index contributed by atoms with van der Waals surface area (Å²) in [5.74, 6) is -0.177. The monoisotopic (exact) mass is 388 g/mol. The average Bonchev–Trinajstić information content (AvgIpc) is 3.22. The fourth-order valence-electron chi connectivity index (χ4n) is 3.10. The lowest BCUT2D eigenvalue weighted by Crippen LogP contribution is -2.07. The number of rotatable bonds is 4. The van der Waals surface area contributed by atoms with Crippen molar-refractivity contribution in [2.75, 3.05) is 5.32 Å². The van der Waals surface area contributed by atoms with E-state index in [-0.39, 0.29) is 5.91 Å². The van der Waals surface area contributed by atoms with Crippen molar-refractivity contribution in [2.24, 2.45) is 7.05 Å². The number of anilines is 1. The molecule has 2 aromatic heterocycles. The minimum atomic E-state index is -0.177. The van der Waals surface area contributed by atoms with Crippen LogP contribution in [0.3, 0.4) is 0 Å². The van der Waals surface area contributed by atoms with Crippen LogP contribution in [0.5, 0.6) is 0 Å². The maximum atomic E-state index is 12.4. The summed E-state index contributed by atoms with van der Waals surface area (Å²) in [6.07, 6.45) is 3.35. The van der Waals surface area contributed by atoms with Gasteiger partial charge in [0.25, 0.3) is 0 Å². The molecule has 2 heterocycles. The molecule has 0 aliphatic rings. The fraction of sp³-hybridized carbons (Fsp3) is 0.136. The lowest BCUT2D eigenvalue weighted by atomic mass is 10.2. The van der Waals surface area contributed by atoms with Gasteiger partial charge in [0, 0.05) is 35.6 Å². The maximum absolute atomic E-state index is 12.4. The molecule has 0 bridgehead atoms. The number of hydrogen-bond acceptors (Lipinski definition) is 4. The van der Waals surface area contributed by atoms with Crippen molar-refractivity contribution in [1.82, 2.24) is 14.8 Å². The van der Waals surface area contributed by atoms with Gasteiger partial charge in [-0.2, -0.15) is 5.10 Å². The number of carbonyl (C=O) groups excluding carboxylic acids is 1. The highest BCUT2D eigenvalue weighted by Gasteiger charge is 2.09. The number of carbonyl (C=O) groups is 1. The molecule has 140 valence electrons. The number of hydrogen-bond donors (Lipinski definition) is 1. The fourth-order valence-corrected chi connectivity index (χ4v) is 4.06. The molecule has 5 nitrogen and oxygen atoms in total. The number of para-hydroxylation sites is 1. The summed E-state index contributed by atoms with van der Waals surface area (Å²) in [6, 6.07) is 15.8. The predicted octanol–water partition coefficient (Wildman–Crippen LogP) is 4.97. The first-order chi connectivity index (χ1) is 13.5. The molecule has 4 rings (SSSR count). The van der Waals surface area contributed by atoms with Gasteiger partial charge in [-0.25, -0.2) is 4.98 Å². The highest BCUT2D eigenvalue weighted by atomic mass is 32.1. The van der Waals surface area contributed by atoms with Crippen molar-refractivity contribution < 1.29 is 4.79 Å². The molecule has 6 heteroatoms. The van der Waals surface area contributed by atoms with Crippen LogP contribution >= 0.6 is 11.3 Å². The minimum absolute atomic E-state index is 0.177. The molecule has 0 aliphatic heterocycles. The number of nitrogens with zero attached hydrogens (tertiary/aromatic N) is 3. The predicted molar refractivity (Wildman–Crippen MR) is 115 cm³/mol. The molecule has 4 aromatic rings. The average molecular weight is 388 g/mol. The van der Waals surface area contributed by atoms with Gasteiger partial charge in [0.1, 0.15) is 5.01 Å². The molecule has 0 saturated carbocycles. The molecule has 0 saturated heterocycles. The zero-order valence-corrected chi connectivity index (χ0v) is 16.7. The number of fused-ring (bicyclic) bond motifs is 1. The first kappa shape index (κ1) is 18.1. The van der Waals surface area contributed by atoms with Crippen LogP contribution in [0.25, 0.3) is 26.9 Å². The lowest BCUT2D eigenvalue weighted by Gasteiger charge is -2.04. The van der Waals surface area contributed by atoms with E-state index in [9.17, 15) is 4.79 Å². The topological polar surface area (TPSA) is 59.8 Å². The molecule has 0 spiro atoms. The van der Waals surface area contributed by atoms with Gasteiger partial charge < -0.3 is 5.32 Å². The molecule has 0 fully saturated rings. The van der Waals surface area contributed by atoms with Crippen molar-refractivity contribution in [3.05, 3.63) is 71.6 Å². The number of nitrogens with one attached hydrogen (secondary N) is 1. The summed E-state index contributed by atoms with van der Waals surface area (Å²) in [5, 5.41) is 8.23. The quantitative estimate of drug-likeness (QED) is 0.502. The van der Waals surface area contributed by atoms with Crippen LogP contribution in [0.4, 0.5) is 5.69 Å². The Balaban J connectivity index is 1.53. The summed E-state index contributed by atoms with van der Waals surface area (Å²) < 4.78 is 2.96. The van der Waals surface area contributed by atoms with Crippen LogP contribution in [-0.4, -0.2) is 20.7 Å². The SMILES string of the molecule is Cc1nn(C)c(C)c1/C=C/C(=O)Nc1cccc(-c2nc3ccccc3s2)c1. The first-order valence-electron chi connectivity index (χ1n) is 8.96. The van der Waals surface area contributed by atoms with E-state index in [1.54, 1.807) is 17.4 Å². The van der Waals surface area contributed by atoms with Crippen molar-refractivity contribution in [3.8, 4) is 10.6 Å². The summed E-state index contributed by atoms with van der Waals surface area (Å²) in [4.78, 5) is 17.0. The van der Waals surface area contributed by atoms with Gasteiger partial charge in [-0.15, -0.1) is 11.3 Å². The number of amides is 1. The molecular weight excluding hydrogens is 368 g/mol. The molecule has 1 N–H and O–H groups in total. The Kier molecular flexibility index (Phi) is 4.79. The van der Waals surface area contributed by atoms with Gasteiger partial charge in [0.05, 0.1) is 15.9 Å². The Labute approximate surface area is 167 Å². The second-order valence-corrected chi connectivity index (χ2v) is 7.63. The van der Waals surface area contributed by atoms with Gasteiger partial charge in [-0.1, -0.05) is 24.3 Å². The third kappa shape index (κ3) is 3.59. The second-order valence-electron chi connectivity index (χ2n) is 6.60. The van der Waals surface area contributed by atoms with Crippen LogP contribution in [0.1, 0.15) is 17.0 Å². The van der Waals surface area contributed by atoms with Crippen LogP contribution in [-0.2, 0) is 11.8 Å². The van der Waals surface area contributed by atoms with E-state index in [4.69, 9.17) is 0 Å². The normalized spacial score (nSPS) is 11.4. The third-order valence-electron chi connectivity index (χ3n) is 4.64.